The van der Waals surface area contributed by atoms with E-state index in [0.717, 1.165) is 61.1 Å². The van der Waals surface area contributed by atoms with Gasteiger partial charge in [0, 0.05) is 61.8 Å². The number of benzene rings is 3. The van der Waals surface area contributed by atoms with Crippen molar-refractivity contribution in [1.82, 2.24) is 19.7 Å². The molecule has 2 aliphatic rings. The zero-order valence-electron chi connectivity index (χ0n) is 21.8. The molecule has 2 amide bonds. The van der Waals surface area contributed by atoms with Crippen LogP contribution in [0, 0.1) is 5.82 Å². The molecule has 1 aromatic heterocycles. The second-order valence-electron chi connectivity index (χ2n) is 10.3. The zero-order valence-corrected chi connectivity index (χ0v) is 21.8. The molecular weight excluding hydrogens is 491 g/mol. The van der Waals surface area contributed by atoms with Crippen LogP contribution in [0.1, 0.15) is 33.6 Å². The highest BCUT2D eigenvalue weighted by molar-refractivity contribution is 6.07. The molecule has 2 aliphatic heterocycles. The van der Waals surface area contributed by atoms with E-state index in [0.29, 0.717) is 30.4 Å². The summed E-state index contributed by atoms with van der Waals surface area (Å²) in [6, 6.07) is 25.6. The molecule has 3 aromatic carbocycles. The van der Waals surface area contributed by atoms with Crippen LogP contribution in [-0.4, -0.2) is 76.8 Å². The Morgan fingerprint density at radius 2 is 1.36 bits per heavy atom. The van der Waals surface area contributed by atoms with Crippen molar-refractivity contribution in [3.8, 4) is 11.3 Å². The maximum atomic E-state index is 13.8. The molecule has 2 saturated heterocycles. The van der Waals surface area contributed by atoms with Gasteiger partial charge in [-0.25, -0.2) is 9.37 Å². The highest BCUT2D eigenvalue weighted by atomic mass is 19.1. The van der Waals surface area contributed by atoms with Crippen LogP contribution in [0.2, 0.25) is 0 Å². The highest BCUT2D eigenvalue weighted by Gasteiger charge is 2.31. The minimum Gasteiger partial charge on any atom is -0.339 e. The van der Waals surface area contributed by atoms with Crippen LogP contribution in [0.15, 0.2) is 84.9 Å². The third kappa shape index (κ3) is 5.27. The lowest BCUT2D eigenvalue weighted by molar-refractivity contribution is 0.0413. The van der Waals surface area contributed by atoms with Crippen molar-refractivity contribution in [3.63, 3.8) is 0 Å². The number of piperazine rings is 1. The van der Waals surface area contributed by atoms with E-state index in [1.165, 1.54) is 12.1 Å². The van der Waals surface area contributed by atoms with Gasteiger partial charge in [0.25, 0.3) is 11.8 Å². The van der Waals surface area contributed by atoms with Gasteiger partial charge in [0.15, 0.2) is 0 Å². The van der Waals surface area contributed by atoms with Crippen LogP contribution in [-0.2, 0) is 0 Å². The van der Waals surface area contributed by atoms with Gasteiger partial charge >= 0.3 is 0 Å². The predicted octanol–water partition coefficient (Wildman–Crippen LogP) is 5.10. The van der Waals surface area contributed by atoms with Gasteiger partial charge in [-0.15, -0.1) is 0 Å². The molecule has 0 unspecified atom stereocenters. The highest BCUT2D eigenvalue weighted by Crippen LogP contribution is 2.27. The summed E-state index contributed by atoms with van der Waals surface area (Å²) in [5.74, 6) is -0.198. The number of aromatic nitrogens is 1. The van der Waals surface area contributed by atoms with Crippen LogP contribution in [0.3, 0.4) is 0 Å². The number of carbonyl (C=O) groups is 2. The molecule has 0 radical (unpaired) electrons. The van der Waals surface area contributed by atoms with E-state index in [2.05, 4.69) is 4.90 Å². The number of pyridine rings is 1. The number of hydrogen-bond acceptors (Lipinski definition) is 4. The average molecular weight is 523 g/mol. The van der Waals surface area contributed by atoms with Gasteiger partial charge in [0.05, 0.1) is 16.8 Å². The number of hydrogen-bond donors (Lipinski definition) is 0. The monoisotopic (exact) mass is 522 g/mol. The van der Waals surface area contributed by atoms with Crippen LogP contribution >= 0.6 is 0 Å². The van der Waals surface area contributed by atoms with Crippen LogP contribution in [0.4, 0.5) is 4.39 Å². The first kappa shape index (κ1) is 25.2. The lowest BCUT2D eigenvalue weighted by Crippen LogP contribution is -2.54. The molecule has 6 nitrogen and oxygen atoms in total. The molecule has 7 heteroatoms. The van der Waals surface area contributed by atoms with Crippen LogP contribution in [0.25, 0.3) is 22.2 Å². The van der Waals surface area contributed by atoms with E-state index in [1.54, 1.807) is 12.1 Å². The van der Waals surface area contributed by atoms with Crippen LogP contribution < -0.4 is 0 Å². The molecule has 0 saturated carbocycles. The SMILES string of the molecule is O=C(c1ccccc1)N1CCC(N2CCN(C(=O)c3cc(-c4ccc(F)cc4)nc4ccccc34)CC2)CC1. The van der Waals surface area contributed by atoms with Crippen molar-refractivity contribution < 1.29 is 14.0 Å². The third-order valence-electron chi connectivity index (χ3n) is 7.98. The number of nitrogens with zero attached hydrogens (tertiary/aromatic N) is 4. The maximum Gasteiger partial charge on any atom is 0.254 e. The molecule has 2 fully saturated rings. The summed E-state index contributed by atoms with van der Waals surface area (Å²) in [6.07, 6.45) is 1.89. The summed E-state index contributed by atoms with van der Waals surface area (Å²) in [5.41, 5.74) is 3.55. The fourth-order valence-electron chi connectivity index (χ4n) is 5.78. The standard InChI is InChI=1S/C32H31FN4O2/c33-25-12-10-23(11-13-25)30-22-28(27-8-4-5-9-29(27)34-30)32(39)37-20-18-35(19-21-37)26-14-16-36(17-15-26)31(38)24-6-2-1-3-7-24/h1-13,22,26H,14-21H2. The van der Waals surface area contributed by atoms with Crippen molar-refractivity contribution in [2.24, 2.45) is 0 Å². The summed E-state index contributed by atoms with van der Waals surface area (Å²) in [7, 11) is 0. The second-order valence-corrected chi connectivity index (χ2v) is 10.3. The third-order valence-corrected chi connectivity index (χ3v) is 7.98. The Kier molecular flexibility index (Phi) is 7.07. The van der Waals surface area contributed by atoms with Gasteiger partial charge in [-0.1, -0.05) is 36.4 Å². The zero-order chi connectivity index (χ0) is 26.8. The molecule has 4 aromatic rings. The first-order valence-corrected chi connectivity index (χ1v) is 13.6. The van der Waals surface area contributed by atoms with Crippen molar-refractivity contribution in [3.05, 3.63) is 102 Å². The first-order chi connectivity index (χ1) is 19.1. The number of amides is 2. The normalized spacial score (nSPS) is 16.9. The first-order valence-electron chi connectivity index (χ1n) is 13.6. The van der Waals surface area contributed by atoms with E-state index in [9.17, 15) is 14.0 Å². The Morgan fingerprint density at radius 3 is 2.08 bits per heavy atom. The van der Waals surface area contributed by atoms with Crippen molar-refractivity contribution in [2.45, 2.75) is 18.9 Å². The Bertz CT molecular complexity index is 1480. The molecule has 0 bridgehead atoms. The lowest BCUT2D eigenvalue weighted by Gasteiger charge is -2.42. The molecule has 6 rings (SSSR count). The molecular formula is C32H31FN4O2. The Hall–Kier alpha value is -4.10. The summed E-state index contributed by atoms with van der Waals surface area (Å²) in [6.45, 7) is 4.46. The number of halogens is 1. The van der Waals surface area contributed by atoms with Gasteiger partial charge in [-0.3, -0.25) is 14.5 Å². The summed E-state index contributed by atoms with van der Waals surface area (Å²) < 4.78 is 13.5. The summed E-state index contributed by atoms with van der Waals surface area (Å²) in [4.78, 5) is 37.7. The minimum atomic E-state index is -0.304. The number of piperidine rings is 1. The quantitative estimate of drug-likeness (QED) is 0.374. The topological polar surface area (TPSA) is 56.8 Å². The Labute approximate surface area is 227 Å². The second kappa shape index (κ2) is 10.9. The van der Waals surface area contributed by atoms with E-state index in [1.807, 2.05) is 70.5 Å². The smallest absolute Gasteiger partial charge is 0.254 e. The van der Waals surface area contributed by atoms with Crippen LogP contribution in [0.5, 0.6) is 0 Å². The van der Waals surface area contributed by atoms with Gasteiger partial charge in [0.2, 0.25) is 0 Å². The number of carbonyl (C=O) groups excluding carboxylic acids is 2. The van der Waals surface area contributed by atoms with Crippen molar-refractivity contribution >= 4 is 22.7 Å². The number of para-hydroxylation sites is 1. The van der Waals surface area contributed by atoms with Gasteiger partial charge in [-0.05, 0) is 61.4 Å². The van der Waals surface area contributed by atoms with E-state index < -0.39 is 0 Å². The summed E-state index contributed by atoms with van der Waals surface area (Å²) in [5, 5.41) is 0.825. The molecule has 0 atom stereocenters. The van der Waals surface area contributed by atoms with Gasteiger partial charge in [-0.2, -0.15) is 0 Å². The summed E-state index contributed by atoms with van der Waals surface area (Å²) >= 11 is 0. The number of likely N-dealkylation sites (tertiary alicyclic amines) is 1. The molecule has 0 spiro atoms. The van der Waals surface area contributed by atoms with Crippen molar-refractivity contribution in [1.29, 1.82) is 0 Å². The number of rotatable bonds is 4. The van der Waals surface area contributed by atoms with E-state index in [4.69, 9.17) is 4.98 Å². The average Bonchev–Trinajstić information content (AvgIpc) is 3.01. The number of fused-ring (bicyclic) bond motifs is 1. The fraction of sp³-hybridized carbons (Fsp3) is 0.281. The maximum absolute atomic E-state index is 13.8. The molecule has 0 N–H and O–H groups in total. The molecule has 39 heavy (non-hydrogen) atoms. The predicted molar refractivity (Wildman–Crippen MR) is 150 cm³/mol. The molecule has 3 heterocycles. The molecule has 0 aliphatic carbocycles. The van der Waals surface area contributed by atoms with Crippen molar-refractivity contribution in [2.75, 3.05) is 39.3 Å². The lowest BCUT2D eigenvalue weighted by atomic mass is 10.0. The van der Waals surface area contributed by atoms with E-state index in [-0.39, 0.29) is 17.6 Å². The fourth-order valence-corrected chi connectivity index (χ4v) is 5.78. The Morgan fingerprint density at radius 1 is 0.718 bits per heavy atom. The largest absolute Gasteiger partial charge is 0.339 e. The van der Waals surface area contributed by atoms with Gasteiger partial charge in [0.1, 0.15) is 5.82 Å². The van der Waals surface area contributed by atoms with E-state index >= 15 is 0 Å². The Balaban J connectivity index is 1.12. The minimum absolute atomic E-state index is 0.000103. The van der Waals surface area contributed by atoms with Gasteiger partial charge < -0.3 is 9.80 Å². The molecule has 198 valence electrons.